The predicted octanol–water partition coefficient (Wildman–Crippen LogP) is 14.7. The molecule has 15 heteroatoms. The van der Waals surface area contributed by atoms with Crippen LogP contribution < -0.4 is 47.7 Å². The zero-order valence-corrected chi connectivity index (χ0v) is 48.8. The second kappa shape index (κ2) is 21.5. The van der Waals surface area contributed by atoms with Crippen molar-refractivity contribution in [1.29, 1.82) is 0 Å². The van der Waals surface area contributed by atoms with Crippen LogP contribution in [0.4, 0.5) is 13.2 Å². The van der Waals surface area contributed by atoms with Gasteiger partial charge in [0.1, 0.15) is 84.5 Å². The van der Waals surface area contributed by atoms with E-state index in [1.165, 1.54) is 0 Å². The van der Waals surface area contributed by atoms with Crippen LogP contribution >= 0.6 is 0 Å². The second-order valence-electron chi connectivity index (χ2n) is 26.3. The summed E-state index contributed by atoms with van der Waals surface area (Å²) >= 11 is 0. The van der Waals surface area contributed by atoms with Gasteiger partial charge in [-0.1, -0.05) is 0 Å². The second-order valence-corrected chi connectivity index (χ2v) is 28.1. The summed E-state index contributed by atoms with van der Waals surface area (Å²) < 4.78 is 94.4. The zero-order chi connectivity index (χ0) is 55.7. The molecule has 0 heterocycles. The Kier molecular flexibility index (Phi) is 19.0. The molecule has 0 fully saturated rings. The van der Waals surface area contributed by atoms with Gasteiger partial charge in [0.15, 0.2) is 34.5 Å². The minimum Gasteiger partial charge on any atom is -0.542 e. The Balaban J connectivity index is 0.00000229. The molecule has 0 aliphatic heterocycles. The minimum absolute atomic E-state index is 0.532. The van der Waals surface area contributed by atoms with E-state index in [4.69, 9.17) is 52.5 Å². The van der Waals surface area contributed by atoms with Gasteiger partial charge in [0, 0.05) is 36.4 Å². The highest BCUT2D eigenvalue weighted by molar-refractivity contribution is 7.97. The fourth-order valence-corrected chi connectivity index (χ4v) is 8.66. The Bertz CT molecular complexity index is 1930. The summed E-state index contributed by atoms with van der Waals surface area (Å²) in [5.74, 6) is 2.07. The van der Waals surface area contributed by atoms with E-state index in [2.05, 4.69) is 0 Å². The Morgan fingerprint density at radius 3 is 0.549 bits per heavy atom. The van der Waals surface area contributed by atoms with E-state index in [0.717, 1.165) is 14.7 Å². The van der Waals surface area contributed by atoms with Gasteiger partial charge >= 0.3 is 6.18 Å². The third-order valence-electron chi connectivity index (χ3n) is 7.60. The molecule has 11 nitrogen and oxygen atoms in total. The summed E-state index contributed by atoms with van der Waals surface area (Å²) in [4.78, 5) is 10.9. The smallest absolute Gasteiger partial charge is 0.430 e. The maximum absolute atomic E-state index is 10.5. The standard InChI is InChI=1S/C54H87O9S.C2HF3O2/c1-46(2,3)55-34-28-37(58-49(10,11)12)43(38(29-34)59-50(13,14)15)64(44-39(60-51(16,17)18)30-35(56-47(4,5)6)31-40(44)61-52(19,20)21)45-41(62-53(22,23)24)32-36(57-48(7,8)9)33-42(45)63-54(25,26)27;3-2(4,5)1(6)7/h28-33H,1-27H3;(H,6,7)/q+1;/p-1. The van der Waals surface area contributed by atoms with E-state index in [-0.39, 0.29) is 0 Å². The number of alkyl halides is 3. The van der Waals surface area contributed by atoms with Gasteiger partial charge in [-0.2, -0.15) is 13.2 Å². The maximum Gasteiger partial charge on any atom is 0.430 e. The lowest BCUT2D eigenvalue weighted by molar-refractivity contribution is -0.344. The van der Waals surface area contributed by atoms with E-state index in [9.17, 15) is 13.2 Å². The van der Waals surface area contributed by atoms with Gasteiger partial charge in [-0.25, -0.2) is 0 Å². The van der Waals surface area contributed by atoms with Crippen molar-refractivity contribution in [2.45, 2.75) is 258 Å². The molecule has 0 bridgehead atoms. The molecule has 3 aromatic rings. The lowest BCUT2D eigenvalue weighted by Crippen LogP contribution is -2.37. The van der Waals surface area contributed by atoms with E-state index >= 15 is 0 Å². The van der Waals surface area contributed by atoms with Gasteiger partial charge in [-0.3, -0.25) is 0 Å². The summed E-state index contributed by atoms with van der Waals surface area (Å²) in [7, 11) is -1.30. The first-order valence-electron chi connectivity index (χ1n) is 24.0. The highest BCUT2D eigenvalue weighted by atomic mass is 32.2. The lowest BCUT2D eigenvalue weighted by Gasteiger charge is -2.32. The van der Waals surface area contributed by atoms with Crippen LogP contribution in [-0.4, -0.2) is 62.6 Å². The zero-order valence-electron chi connectivity index (χ0n) is 48.0. The fourth-order valence-electron chi connectivity index (χ4n) is 6.24. The largest absolute Gasteiger partial charge is 0.542 e. The van der Waals surface area contributed by atoms with Crippen LogP contribution in [-0.2, 0) is 15.7 Å². The summed E-state index contributed by atoms with van der Waals surface area (Å²) in [5, 5.41) is 8.78. The fraction of sp³-hybridized carbons (Fsp3) is 0.661. The number of hydrogen-bond acceptors (Lipinski definition) is 11. The first-order chi connectivity index (χ1) is 31.2. The molecule has 0 saturated heterocycles. The molecule has 3 rings (SSSR count). The number of carboxylic acids is 1. The van der Waals surface area contributed by atoms with Crippen LogP contribution in [0.25, 0.3) is 0 Å². The SMILES string of the molecule is CC(C)(C)Oc1cc(OC(C)(C)C)c([S+](c2c(OC(C)(C)C)cc(OC(C)(C)C)cc2OC(C)(C)C)c2c(OC(C)(C)C)cc(OC(C)(C)C)cc2OC(C)(C)C)c(OC(C)(C)C)c1.O=C([O-])C(F)(F)F. The molecule has 0 saturated carbocycles. The number of hydrogen-bond donors (Lipinski definition) is 0. The van der Waals surface area contributed by atoms with Crippen molar-refractivity contribution in [3.8, 4) is 51.7 Å². The average Bonchev–Trinajstić information content (AvgIpc) is 3.00. The molecular formula is C56H87F3O11S. The minimum atomic E-state index is -5.19. The number of carboxylic acid groups (broad SMARTS) is 1. The summed E-state index contributed by atoms with van der Waals surface area (Å²) in [6, 6.07) is 11.8. The van der Waals surface area contributed by atoms with Crippen LogP contribution in [0.1, 0.15) is 187 Å². The molecule has 0 aromatic heterocycles. The van der Waals surface area contributed by atoms with Crippen molar-refractivity contribution < 1.29 is 65.7 Å². The number of halogens is 3. The van der Waals surface area contributed by atoms with Crippen LogP contribution in [0.3, 0.4) is 0 Å². The highest BCUT2D eigenvalue weighted by Gasteiger charge is 2.50. The van der Waals surface area contributed by atoms with E-state index in [1.54, 1.807) is 0 Å². The normalized spacial score (nSPS) is 13.5. The number of carbonyl (C=O) groups excluding carboxylic acids is 1. The molecule has 71 heavy (non-hydrogen) atoms. The third-order valence-corrected chi connectivity index (χ3v) is 10.0. The molecule has 0 aliphatic rings. The van der Waals surface area contributed by atoms with Crippen molar-refractivity contribution in [2.24, 2.45) is 0 Å². The molecule has 3 aromatic carbocycles. The quantitative estimate of drug-likeness (QED) is 0.161. The Hall–Kier alpha value is -4.53. The van der Waals surface area contributed by atoms with Gasteiger partial charge < -0.3 is 52.5 Å². The Morgan fingerprint density at radius 1 is 0.324 bits per heavy atom. The molecule has 0 aliphatic carbocycles. The number of aliphatic carboxylic acids is 1. The third kappa shape index (κ3) is 23.3. The van der Waals surface area contributed by atoms with Gasteiger partial charge in [-0.05, 0) is 187 Å². The molecule has 0 N–H and O–H groups in total. The number of carbonyl (C=O) groups is 1. The summed E-state index contributed by atoms with van der Waals surface area (Å²) in [6.45, 7) is 55.0. The van der Waals surface area contributed by atoms with Crippen molar-refractivity contribution in [3.05, 3.63) is 36.4 Å². The molecule has 0 atom stereocenters. The average molecular weight is 1030 g/mol. The van der Waals surface area contributed by atoms with E-state index < -0.39 is 73.5 Å². The molecule has 0 radical (unpaired) electrons. The molecule has 0 spiro atoms. The predicted molar refractivity (Wildman–Crippen MR) is 276 cm³/mol. The molecule has 0 unspecified atom stereocenters. The van der Waals surface area contributed by atoms with Crippen molar-refractivity contribution in [3.63, 3.8) is 0 Å². The Morgan fingerprint density at radius 2 is 0.451 bits per heavy atom. The first-order valence-corrected chi connectivity index (χ1v) is 25.2. The van der Waals surface area contributed by atoms with E-state index in [1.807, 2.05) is 223 Å². The van der Waals surface area contributed by atoms with Crippen molar-refractivity contribution >= 4 is 16.9 Å². The van der Waals surface area contributed by atoms with Gasteiger partial charge in [-0.15, -0.1) is 0 Å². The molecule has 404 valence electrons. The van der Waals surface area contributed by atoms with Crippen LogP contribution in [0, 0.1) is 0 Å². The number of ether oxygens (including phenoxy) is 9. The van der Waals surface area contributed by atoms with Gasteiger partial charge in [0.2, 0.25) is 0 Å². The molecule has 0 amide bonds. The summed E-state index contributed by atoms with van der Waals surface area (Å²) in [5.41, 5.74) is -5.58. The van der Waals surface area contributed by atoms with Crippen LogP contribution in [0.15, 0.2) is 51.1 Å². The highest BCUT2D eigenvalue weighted by Crippen LogP contribution is 2.58. The monoisotopic (exact) mass is 1020 g/mol. The number of rotatable bonds is 12. The lowest BCUT2D eigenvalue weighted by atomic mass is 10.1. The Labute approximate surface area is 427 Å². The van der Waals surface area contributed by atoms with Crippen LogP contribution in [0.5, 0.6) is 51.7 Å². The van der Waals surface area contributed by atoms with Crippen LogP contribution in [0.2, 0.25) is 0 Å². The van der Waals surface area contributed by atoms with E-state index in [0.29, 0.717) is 51.7 Å². The van der Waals surface area contributed by atoms with Gasteiger partial charge in [0.05, 0.1) is 0 Å². The van der Waals surface area contributed by atoms with Crippen molar-refractivity contribution in [2.75, 3.05) is 0 Å². The van der Waals surface area contributed by atoms with Gasteiger partial charge in [0.25, 0.3) is 14.7 Å². The number of benzene rings is 3. The molecular weight excluding hydrogens is 938 g/mol. The maximum atomic E-state index is 10.5. The first kappa shape index (κ1) is 62.6. The van der Waals surface area contributed by atoms with Crippen molar-refractivity contribution in [1.82, 2.24) is 0 Å². The summed E-state index contributed by atoms with van der Waals surface area (Å²) in [6.07, 6.45) is -5.19. The topological polar surface area (TPSA) is 123 Å².